The number of amides is 1. The zero-order valence-electron chi connectivity index (χ0n) is 12.0. The molecule has 22 heavy (non-hydrogen) atoms. The smallest absolute Gasteiger partial charge is 0.306 e. The SMILES string of the molecule is CNC(=O)COC(=O)CCCNS(=O)(=O)c1ccc(F)cc1. The summed E-state index contributed by atoms with van der Waals surface area (Å²) in [6.45, 7) is -0.342. The zero-order chi connectivity index (χ0) is 16.6. The molecular weight excluding hydrogens is 315 g/mol. The van der Waals surface area contributed by atoms with Crippen molar-refractivity contribution in [3.05, 3.63) is 30.1 Å². The van der Waals surface area contributed by atoms with E-state index in [9.17, 15) is 22.4 Å². The van der Waals surface area contributed by atoms with Crippen molar-refractivity contribution in [3.63, 3.8) is 0 Å². The average Bonchev–Trinajstić information content (AvgIpc) is 2.49. The summed E-state index contributed by atoms with van der Waals surface area (Å²) in [4.78, 5) is 22.1. The Labute approximate surface area is 127 Å². The molecule has 0 spiro atoms. The van der Waals surface area contributed by atoms with E-state index in [4.69, 9.17) is 0 Å². The van der Waals surface area contributed by atoms with Crippen molar-refractivity contribution in [1.29, 1.82) is 0 Å². The fourth-order valence-electron chi connectivity index (χ4n) is 1.43. The number of ether oxygens (including phenoxy) is 1. The van der Waals surface area contributed by atoms with Crippen molar-refractivity contribution >= 4 is 21.9 Å². The molecule has 0 heterocycles. The summed E-state index contributed by atoms with van der Waals surface area (Å²) in [6, 6.07) is 4.39. The Morgan fingerprint density at radius 1 is 1.23 bits per heavy atom. The van der Waals surface area contributed by atoms with E-state index in [1.807, 2.05) is 0 Å². The second-order valence-electron chi connectivity index (χ2n) is 4.29. The first-order valence-electron chi connectivity index (χ1n) is 6.46. The lowest BCUT2D eigenvalue weighted by atomic mass is 10.3. The lowest BCUT2D eigenvalue weighted by Gasteiger charge is -2.07. The van der Waals surface area contributed by atoms with Crippen LogP contribution in [-0.4, -0.2) is 40.5 Å². The second kappa shape index (κ2) is 8.44. The van der Waals surface area contributed by atoms with Gasteiger partial charge in [-0.05, 0) is 30.7 Å². The molecule has 0 saturated heterocycles. The van der Waals surface area contributed by atoms with Crippen LogP contribution >= 0.6 is 0 Å². The van der Waals surface area contributed by atoms with Crippen LogP contribution in [0.1, 0.15) is 12.8 Å². The predicted octanol–water partition coefficient (Wildman–Crippen LogP) is 0.173. The first kappa shape index (κ1) is 18.1. The predicted molar refractivity (Wildman–Crippen MR) is 75.8 cm³/mol. The average molecular weight is 332 g/mol. The summed E-state index contributed by atoms with van der Waals surface area (Å²) in [5.74, 6) is -1.55. The Hall–Kier alpha value is -2.00. The van der Waals surface area contributed by atoms with Gasteiger partial charge in [0.25, 0.3) is 5.91 Å². The summed E-state index contributed by atoms with van der Waals surface area (Å²) in [5.41, 5.74) is 0. The topological polar surface area (TPSA) is 102 Å². The molecular formula is C13H17FN2O5S. The van der Waals surface area contributed by atoms with Crippen molar-refractivity contribution in [3.8, 4) is 0 Å². The molecule has 1 aromatic rings. The Bertz CT molecular complexity index is 616. The van der Waals surface area contributed by atoms with Gasteiger partial charge in [0.1, 0.15) is 5.82 Å². The monoisotopic (exact) mass is 332 g/mol. The molecule has 1 rings (SSSR count). The van der Waals surface area contributed by atoms with Crippen LogP contribution in [0.15, 0.2) is 29.2 Å². The number of likely N-dealkylation sites (N-methyl/N-ethyl adjacent to an activating group) is 1. The molecule has 1 amide bonds. The highest BCUT2D eigenvalue weighted by Crippen LogP contribution is 2.09. The third kappa shape index (κ3) is 6.19. The normalized spacial score (nSPS) is 11.0. The third-order valence-corrected chi connectivity index (χ3v) is 4.09. The summed E-state index contributed by atoms with van der Waals surface area (Å²) in [5, 5.41) is 2.30. The maximum absolute atomic E-state index is 12.7. The summed E-state index contributed by atoms with van der Waals surface area (Å²) >= 11 is 0. The number of nitrogens with one attached hydrogen (secondary N) is 2. The minimum atomic E-state index is -3.74. The van der Waals surface area contributed by atoms with E-state index in [-0.39, 0.29) is 30.9 Å². The second-order valence-corrected chi connectivity index (χ2v) is 6.06. The first-order valence-corrected chi connectivity index (χ1v) is 7.95. The molecule has 0 saturated carbocycles. The van der Waals surface area contributed by atoms with E-state index >= 15 is 0 Å². The molecule has 0 fully saturated rings. The van der Waals surface area contributed by atoms with Crippen molar-refractivity contribution in [2.75, 3.05) is 20.2 Å². The Morgan fingerprint density at radius 3 is 2.45 bits per heavy atom. The largest absolute Gasteiger partial charge is 0.456 e. The molecule has 1 aromatic carbocycles. The van der Waals surface area contributed by atoms with Gasteiger partial charge in [0.15, 0.2) is 6.61 Å². The van der Waals surface area contributed by atoms with Crippen molar-refractivity contribution in [2.24, 2.45) is 0 Å². The number of carbonyl (C=O) groups excluding carboxylic acids is 2. The fourth-order valence-corrected chi connectivity index (χ4v) is 2.50. The quantitative estimate of drug-likeness (QED) is 0.522. The molecule has 0 aliphatic carbocycles. The Morgan fingerprint density at radius 2 is 1.86 bits per heavy atom. The molecule has 0 aliphatic rings. The van der Waals surface area contributed by atoms with Gasteiger partial charge in [-0.1, -0.05) is 0 Å². The van der Waals surface area contributed by atoms with Crippen LogP contribution in [0, 0.1) is 5.82 Å². The molecule has 7 nitrogen and oxygen atoms in total. The summed E-state index contributed by atoms with van der Waals surface area (Å²) in [6.07, 6.45) is 0.190. The van der Waals surface area contributed by atoms with E-state index in [0.717, 1.165) is 24.3 Å². The van der Waals surface area contributed by atoms with Gasteiger partial charge in [-0.3, -0.25) is 9.59 Å². The van der Waals surface area contributed by atoms with Crippen LogP contribution in [0.5, 0.6) is 0 Å². The molecule has 2 N–H and O–H groups in total. The minimum absolute atomic E-state index is 0.0226. The standard InChI is InChI=1S/C13H17FN2O5S/c1-15-12(17)9-21-13(18)3-2-8-16-22(19,20)11-6-4-10(14)5-7-11/h4-7,16H,2-3,8-9H2,1H3,(H,15,17). The molecule has 0 atom stereocenters. The van der Waals surface area contributed by atoms with Crippen LogP contribution in [0.25, 0.3) is 0 Å². The van der Waals surface area contributed by atoms with Gasteiger partial charge in [0.2, 0.25) is 10.0 Å². The number of hydrogen-bond acceptors (Lipinski definition) is 5. The van der Waals surface area contributed by atoms with Gasteiger partial charge in [0, 0.05) is 20.0 Å². The highest BCUT2D eigenvalue weighted by Gasteiger charge is 2.13. The lowest BCUT2D eigenvalue weighted by Crippen LogP contribution is -2.27. The van der Waals surface area contributed by atoms with Crippen LogP contribution in [-0.2, 0) is 24.3 Å². The molecule has 0 aromatic heterocycles. The fraction of sp³-hybridized carbons (Fsp3) is 0.385. The molecule has 9 heteroatoms. The number of sulfonamides is 1. The maximum Gasteiger partial charge on any atom is 0.306 e. The Balaban J connectivity index is 2.33. The molecule has 0 bridgehead atoms. The van der Waals surface area contributed by atoms with E-state index in [1.165, 1.54) is 7.05 Å². The summed E-state index contributed by atoms with van der Waals surface area (Å²) in [7, 11) is -2.32. The van der Waals surface area contributed by atoms with E-state index < -0.39 is 27.7 Å². The van der Waals surface area contributed by atoms with Crippen LogP contribution in [0.4, 0.5) is 4.39 Å². The van der Waals surface area contributed by atoms with Gasteiger partial charge in [0.05, 0.1) is 4.90 Å². The van der Waals surface area contributed by atoms with Crippen molar-refractivity contribution in [1.82, 2.24) is 10.0 Å². The molecule has 0 aliphatic heterocycles. The number of rotatable bonds is 8. The van der Waals surface area contributed by atoms with Crippen LogP contribution in [0.2, 0.25) is 0 Å². The summed E-state index contributed by atoms with van der Waals surface area (Å²) < 4.78 is 43.4. The first-order chi connectivity index (χ1) is 10.3. The lowest BCUT2D eigenvalue weighted by molar-refractivity contribution is -0.148. The van der Waals surface area contributed by atoms with Gasteiger partial charge in [-0.15, -0.1) is 0 Å². The van der Waals surface area contributed by atoms with Gasteiger partial charge in [-0.25, -0.2) is 17.5 Å². The van der Waals surface area contributed by atoms with Crippen molar-refractivity contribution < 1.29 is 27.1 Å². The van der Waals surface area contributed by atoms with Gasteiger partial charge >= 0.3 is 5.97 Å². The van der Waals surface area contributed by atoms with Crippen LogP contribution < -0.4 is 10.0 Å². The molecule has 0 radical (unpaired) electrons. The number of benzene rings is 1. The third-order valence-electron chi connectivity index (χ3n) is 2.62. The molecule has 0 unspecified atom stereocenters. The number of carbonyl (C=O) groups is 2. The van der Waals surface area contributed by atoms with E-state index in [0.29, 0.717) is 0 Å². The number of halogens is 1. The highest BCUT2D eigenvalue weighted by atomic mass is 32.2. The number of hydrogen-bond donors (Lipinski definition) is 2. The maximum atomic E-state index is 12.7. The van der Waals surface area contributed by atoms with E-state index in [1.54, 1.807) is 0 Å². The zero-order valence-corrected chi connectivity index (χ0v) is 12.8. The Kier molecular flexibility index (Phi) is 6.93. The number of esters is 1. The minimum Gasteiger partial charge on any atom is -0.456 e. The van der Waals surface area contributed by atoms with Crippen molar-refractivity contribution in [2.45, 2.75) is 17.7 Å². The van der Waals surface area contributed by atoms with E-state index in [2.05, 4.69) is 14.8 Å². The van der Waals surface area contributed by atoms with Gasteiger partial charge < -0.3 is 10.1 Å². The van der Waals surface area contributed by atoms with Gasteiger partial charge in [-0.2, -0.15) is 0 Å². The van der Waals surface area contributed by atoms with Crippen LogP contribution in [0.3, 0.4) is 0 Å². The highest BCUT2D eigenvalue weighted by molar-refractivity contribution is 7.89. The molecule has 122 valence electrons.